The Labute approximate surface area is 104 Å². The van der Waals surface area contributed by atoms with Gasteiger partial charge in [-0.25, -0.2) is 0 Å². The smallest absolute Gasteiger partial charge is 0.119 e. The standard InChI is InChI=1S/C15H23NO/c1-4-10-16-14(15(2)8-9-15)12-6-5-7-13(11-12)17-3/h5-7,11,14,16H,4,8-10H2,1-3H3. The van der Waals surface area contributed by atoms with Crippen LogP contribution in [-0.4, -0.2) is 13.7 Å². The predicted molar refractivity (Wildman–Crippen MR) is 71.4 cm³/mol. The van der Waals surface area contributed by atoms with Crippen LogP contribution in [-0.2, 0) is 0 Å². The molecule has 2 rings (SSSR count). The van der Waals surface area contributed by atoms with Crippen molar-refractivity contribution in [1.82, 2.24) is 5.32 Å². The molecule has 0 radical (unpaired) electrons. The van der Waals surface area contributed by atoms with E-state index in [-0.39, 0.29) is 0 Å². The number of rotatable bonds is 6. The van der Waals surface area contributed by atoms with Crippen molar-refractivity contribution in [1.29, 1.82) is 0 Å². The Morgan fingerprint density at radius 2 is 2.18 bits per heavy atom. The average molecular weight is 233 g/mol. The van der Waals surface area contributed by atoms with Crippen LogP contribution >= 0.6 is 0 Å². The van der Waals surface area contributed by atoms with Crippen LogP contribution in [0.1, 0.15) is 44.7 Å². The normalized spacial score (nSPS) is 18.8. The van der Waals surface area contributed by atoms with Gasteiger partial charge in [0.2, 0.25) is 0 Å². The lowest BCUT2D eigenvalue weighted by molar-refractivity contribution is 0.363. The van der Waals surface area contributed by atoms with Crippen molar-refractivity contribution in [2.45, 2.75) is 39.2 Å². The van der Waals surface area contributed by atoms with Gasteiger partial charge < -0.3 is 10.1 Å². The summed E-state index contributed by atoms with van der Waals surface area (Å²) in [6.45, 7) is 5.67. The second-order valence-electron chi connectivity index (χ2n) is 5.32. The Bertz CT molecular complexity index is 371. The van der Waals surface area contributed by atoms with Gasteiger partial charge in [-0.2, -0.15) is 0 Å². The molecule has 2 heteroatoms. The minimum atomic E-state index is 0.446. The third-order valence-corrected chi connectivity index (χ3v) is 3.76. The van der Waals surface area contributed by atoms with Crippen molar-refractivity contribution >= 4 is 0 Å². The van der Waals surface area contributed by atoms with Gasteiger partial charge in [-0.3, -0.25) is 0 Å². The molecular formula is C15H23NO. The third kappa shape index (κ3) is 2.81. The maximum atomic E-state index is 5.31. The van der Waals surface area contributed by atoms with Crippen molar-refractivity contribution in [2.75, 3.05) is 13.7 Å². The lowest BCUT2D eigenvalue weighted by Gasteiger charge is -2.25. The first kappa shape index (κ1) is 12.4. The summed E-state index contributed by atoms with van der Waals surface area (Å²) in [6, 6.07) is 8.93. The molecule has 1 aliphatic rings. The van der Waals surface area contributed by atoms with Crippen LogP contribution in [0.5, 0.6) is 5.75 Å². The van der Waals surface area contributed by atoms with Crippen LogP contribution < -0.4 is 10.1 Å². The van der Waals surface area contributed by atoms with E-state index in [1.807, 2.05) is 6.07 Å². The monoisotopic (exact) mass is 233 g/mol. The average Bonchev–Trinajstić information content (AvgIpc) is 3.09. The van der Waals surface area contributed by atoms with Crippen molar-refractivity contribution in [3.8, 4) is 5.75 Å². The molecule has 1 aromatic carbocycles. The van der Waals surface area contributed by atoms with Gasteiger partial charge in [-0.1, -0.05) is 26.0 Å². The molecule has 1 aromatic rings. The summed E-state index contributed by atoms with van der Waals surface area (Å²) in [7, 11) is 1.73. The molecule has 0 saturated heterocycles. The highest BCUT2D eigenvalue weighted by Crippen LogP contribution is 2.54. The van der Waals surface area contributed by atoms with Gasteiger partial charge in [-0.15, -0.1) is 0 Å². The number of hydrogen-bond donors (Lipinski definition) is 1. The number of nitrogens with one attached hydrogen (secondary N) is 1. The summed E-state index contributed by atoms with van der Waals surface area (Å²) in [5.41, 5.74) is 1.81. The lowest BCUT2D eigenvalue weighted by atomic mass is 9.91. The first-order valence-corrected chi connectivity index (χ1v) is 6.57. The number of hydrogen-bond acceptors (Lipinski definition) is 2. The van der Waals surface area contributed by atoms with E-state index in [2.05, 4.69) is 37.4 Å². The van der Waals surface area contributed by atoms with Gasteiger partial charge in [0.05, 0.1) is 7.11 Å². The van der Waals surface area contributed by atoms with Crippen molar-refractivity contribution in [2.24, 2.45) is 5.41 Å². The van der Waals surface area contributed by atoms with Crippen molar-refractivity contribution < 1.29 is 4.74 Å². The van der Waals surface area contributed by atoms with Gasteiger partial charge in [0.1, 0.15) is 5.75 Å². The Morgan fingerprint density at radius 1 is 1.41 bits per heavy atom. The fourth-order valence-electron chi connectivity index (χ4n) is 2.36. The molecule has 17 heavy (non-hydrogen) atoms. The Kier molecular flexibility index (Phi) is 3.72. The fraction of sp³-hybridized carbons (Fsp3) is 0.600. The molecule has 0 bridgehead atoms. The molecule has 0 spiro atoms. The zero-order chi connectivity index (χ0) is 12.3. The van der Waals surface area contributed by atoms with E-state index < -0.39 is 0 Å². The maximum absolute atomic E-state index is 5.31. The van der Waals surface area contributed by atoms with Crippen LogP contribution in [0.2, 0.25) is 0 Å². The van der Waals surface area contributed by atoms with Gasteiger partial charge >= 0.3 is 0 Å². The zero-order valence-electron chi connectivity index (χ0n) is 11.1. The minimum absolute atomic E-state index is 0.446. The number of benzene rings is 1. The Balaban J connectivity index is 2.18. The maximum Gasteiger partial charge on any atom is 0.119 e. The number of ether oxygens (including phenoxy) is 1. The van der Waals surface area contributed by atoms with Gasteiger partial charge in [0.25, 0.3) is 0 Å². The quantitative estimate of drug-likeness (QED) is 0.811. The highest BCUT2D eigenvalue weighted by molar-refractivity contribution is 5.32. The second-order valence-corrected chi connectivity index (χ2v) is 5.32. The molecule has 1 aliphatic carbocycles. The SMILES string of the molecule is CCCNC(c1cccc(OC)c1)C1(C)CC1. The third-order valence-electron chi connectivity index (χ3n) is 3.76. The number of methoxy groups -OCH3 is 1. The van der Waals surface area contributed by atoms with E-state index >= 15 is 0 Å². The molecule has 1 fully saturated rings. The van der Waals surface area contributed by atoms with Gasteiger partial charge in [0, 0.05) is 6.04 Å². The molecule has 1 saturated carbocycles. The molecule has 0 amide bonds. The van der Waals surface area contributed by atoms with Crippen LogP contribution in [0.25, 0.3) is 0 Å². The molecule has 1 unspecified atom stereocenters. The van der Waals surface area contributed by atoms with Crippen LogP contribution in [0.4, 0.5) is 0 Å². The first-order valence-electron chi connectivity index (χ1n) is 6.57. The summed E-state index contributed by atoms with van der Waals surface area (Å²) < 4.78 is 5.31. The summed E-state index contributed by atoms with van der Waals surface area (Å²) in [6.07, 6.45) is 3.83. The van der Waals surface area contributed by atoms with Gasteiger partial charge in [-0.05, 0) is 48.9 Å². The van der Waals surface area contributed by atoms with E-state index in [0.717, 1.165) is 12.3 Å². The van der Waals surface area contributed by atoms with E-state index in [0.29, 0.717) is 11.5 Å². The molecule has 2 nitrogen and oxygen atoms in total. The molecule has 94 valence electrons. The largest absolute Gasteiger partial charge is 0.497 e. The van der Waals surface area contributed by atoms with E-state index in [4.69, 9.17) is 4.74 Å². The molecule has 0 heterocycles. The van der Waals surface area contributed by atoms with Crippen molar-refractivity contribution in [3.63, 3.8) is 0 Å². The second kappa shape index (κ2) is 5.09. The molecule has 1 N–H and O–H groups in total. The molecule has 0 aliphatic heterocycles. The first-order chi connectivity index (χ1) is 8.19. The highest BCUT2D eigenvalue weighted by atomic mass is 16.5. The summed E-state index contributed by atoms with van der Waals surface area (Å²) >= 11 is 0. The Hall–Kier alpha value is -1.02. The van der Waals surface area contributed by atoms with Crippen molar-refractivity contribution in [3.05, 3.63) is 29.8 Å². The van der Waals surface area contributed by atoms with Crippen LogP contribution in [0.3, 0.4) is 0 Å². The Morgan fingerprint density at radius 3 is 2.76 bits per heavy atom. The van der Waals surface area contributed by atoms with E-state index in [1.54, 1.807) is 7.11 Å². The fourth-order valence-corrected chi connectivity index (χ4v) is 2.36. The summed E-state index contributed by atoms with van der Waals surface area (Å²) in [5.74, 6) is 0.954. The topological polar surface area (TPSA) is 21.3 Å². The molecule has 0 aromatic heterocycles. The van der Waals surface area contributed by atoms with Crippen LogP contribution in [0.15, 0.2) is 24.3 Å². The van der Waals surface area contributed by atoms with Gasteiger partial charge in [0.15, 0.2) is 0 Å². The molecule has 1 atom stereocenters. The molecular weight excluding hydrogens is 210 g/mol. The lowest BCUT2D eigenvalue weighted by Crippen LogP contribution is -2.28. The highest BCUT2D eigenvalue weighted by Gasteiger charge is 2.45. The minimum Gasteiger partial charge on any atom is -0.497 e. The van der Waals surface area contributed by atoms with E-state index in [1.165, 1.54) is 24.8 Å². The zero-order valence-corrected chi connectivity index (χ0v) is 11.1. The van der Waals surface area contributed by atoms with E-state index in [9.17, 15) is 0 Å². The summed E-state index contributed by atoms with van der Waals surface area (Å²) in [5, 5.41) is 3.68. The summed E-state index contributed by atoms with van der Waals surface area (Å²) in [4.78, 5) is 0. The van der Waals surface area contributed by atoms with Crippen LogP contribution in [0, 0.1) is 5.41 Å². The predicted octanol–water partition coefficient (Wildman–Crippen LogP) is 3.54.